The summed E-state index contributed by atoms with van der Waals surface area (Å²) in [5.74, 6) is 0.908. The van der Waals surface area contributed by atoms with Gasteiger partial charge in [0.15, 0.2) is 0 Å². The molecular formula is C53H40N4. The zero-order valence-corrected chi connectivity index (χ0v) is 32.2. The lowest BCUT2D eigenvalue weighted by Gasteiger charge is -2.33. The maximum absolute atomic E-state index is 5.68. The zero-order chi connectivity index (χ0) is 38.3. The van der Waals surface area contributed by atoms with E-state index in [1.165, 1.54) is 44.2 Å². The lowest BCUT2D eigenvalue weighted by molar-refractivity contribution is 0.587. The van der Waals surface area contributed by atoms with Crippen LogP contribution in [0.2, 0.25) is 0 Å². The Hall–Kier alpha value is -7.04. The highest BCUT2D eigenvalue weighted by Crippen LogP contribution is 2.56. The van der Waals surface area contributed by atoms with Gasteiger partial charge in [-0.05, 0) is 86.8 Å². The number of aromatic nitrogens is 4. The fraction of sp³-hybridized carbons (Fsp3) is 0.0943. The van der Waals surface area contributed by atoms with Crippen LogP contribution in [0.15, 0.2) is 182 Å². The summed E-state index contributed by atoms with van der Waals surface area (Å²) in [4.78, 5) is 14.6. The first kappa shape index (κ1) is 33.3. The number of rotatable bonds is 5. The molecule has 0 spiro atoms. The molecule has 1 aliphatic carbocycles. The molecule has 3 aromatic heterocycles. The second-order valence-electron chi connectivity index (χ2n) is 16.2. The Morgan fingerprint density at radius 3 is 2.00 bits per heavy atom. The Morgan fingerprint density at radius 2 is 1.21 bits per heavy atom. The Bertz CT molecular complexity index is 3130. The van der Waals surface area contributed by atoms with Crippen molar-refractivity contribution in [2.24, 2.45) is 0 Å². The van der Waals surface area contributed by atoms with Crippen molar-refractivity contribution in [2.75, 3.05) is 0 Å². The molecular weight excluding hydrogens is 693 g/mol. The molecule has 7 aromatic carbocycles. The van der Waals surface area contributed by atoms with Crippen LogP contribution in [0, 0.1) is 0 Å². The van der Waals surface area contributed by atoms with E-state index in [0.717, 1.165) is 56.0 Å². The van der Waals surface area contributed by atoms with Crippen LogP contribution in [-0.2, 0) is 10.8 Å². The average Bonchev–Trinajstić information content (AvgIpc) is 3.93. The first-order valence-corrected chi connectivity index (χ1v) is 19.8. The number of pyridine rings is 1. The van der Waals surface area contributed by atoms with Gasteiger partial charge in [0.2, 0.25) is 0 Å². The predicted octanol–water partition coefficient (Wildman–Crippen LogP) is 13.0. The maximum Gasteiger partial charge on any atom is 0.147 e. The molecule has 272 valence electrons. The molecule has 0 atom stereocenters. The first-order chi connectivity index (χ1) is 27.9. The SMILES string of the molecule is CC(C)(C)c1ccccc1-n1c(-c2cccc3c2[nH]c2ccccc23)nc2c(-c3cccc(C4(c5ccccn5)c5ccccc5-c5ccccc54)c3)cccc21. The molecule has 4 heteroatoms. The third kappa shape index (κ3) is 4.87. The molecule has 0 bridgehead atoms. The molecule has 3 heterocycles. The minimum atomic E-state index is -0.597. The van der Waals surface area contributed by atoms with E-state index < -0.39 is 5.41 Å². The molecule has 4 nitrogen and oxygen atoms in total. The Morgan fingerprint density at radius 1 is 0.561 bits per heavy atom. The van der Waals surface area contributed by atoms with Gasteiger partial charge in [0.05, 0.1) is 33.3 Å². The molecule has 1 aliphatic rings. The van der Waals surface area contributed by atoms with Crippen LogP contribution >= 0.6 is 0 Å². The van der Waals surface area contributed by atoms with E-state index in [2.05, 4.69) is 200 Å². The van der Waals surface area contributed by atoms with E-state index in [0.29, 0.717) is 0 Å². The summed E-state index contributed by atoms with van der Waals surface area (Å²) < 4.78 is 2.39. The summed E-state index contributed by atoms with van der Waals surface area (Å²) in [7, 11) is 0. The second-order valence-corrected chi connectivity index (χ2v) is 16.2. The van der Waals surface area contributed by atoms with Crippen molar-refractivity contribution in [3.8, 4) is 39.3 Å². The molecule has 1 N–H and O–H groups in total. The summed E-state index contributed by atoms with van der Waals surface area (Å²) >= 11 is 0. The summed E-state index contributed by atoms with van der Waals surface area (Å²) in [6.45, 7) is 6.87. The Kier molecular flexibility index (Phi) is 7.30. The molecule has 11 rings (SSSR count). The van der Waals surface area contributed by atoms with E-state index in [9.17, 15) is 0 Å². The van der Waals surface area contributed by atoms with E-state index in [1.807, 2.05) is 12.3 Å². The van der Waals surface area contributed by atoms with Crippen molar-refractivity contribution in [2.45, 2.75) is 31.6 Å². The number of nitrogens with zero attached hydrogens (tertiary/aromatic N) is 3. The summed E-state index contributed by atoms with van der Waals surface area (Å²) in [5, 5.41) is 2.40. The van der Waals surface area contributed by atoms with Gasteiger partial charge in [-0.3, -0.25) is 9.55 Å². The van der Waals surface area contributed by atoms with Gasteiger partial charge in [-0.15, -0.1) is 0 Å². The number of hydrogen-bond acceptors (Lipinski definition) is 2. The lowest BCUT2D eigenvalue weighted by Crippen LogP contribution is -2.29. The smallest absolute Gasteiger partial charge is 0.147 e. The fourth-order valence-corrected chi connectivity index (χ4v) is 9.59. The second kappa shape index (κ2) is 12.5. The van der Waals surface area contributed by atoms with Crippen molar-refractivity contribution < 1.29 is 0 Å². The molecule has 0 saturated carbocycles. The topological polar surface area (TPSA) is 46.5 Å². The van der Waals surface area contributed by atoms with Crippen molar-refractivity contribution in [3.05, 3.63) is 210 Å². The molecule has 57 heavy (non-hydrogen) atoms. The van der Waals surface area contributed by atoms with Crippen LogP contribution in [-0.4, -0.2) is 19.5 Å². The summed E-state index contributed by atoms with van der Waals surface area (Å²) in [6, 6.07) is 63.6. The summed E-state index contributed by atoms with van der Waals surface area (Å²) in [5.41, 5.74) is 16.4. The monoisotopic (exact) mass is 732 g/mol. The molecule has 0 fully saturated rings. The van der Waals surface area contributed by atoms with Gasteiger partial charge in [0.25, 0.3) is 0 Å². The van der Waals surface area contributed by atoms with Crippen molar-refractivity contribution >= 4 is 32.8 Å². The highest BCUT2D eigenvalue weighted by molar-refractivity contribution is 6.12. The molecule has 10 aromatic rings. The third-order valence-electron chi connectivity index (χ3n) is 12.0. The number of hydrogen-bond donors (Lipinski definition) is 1. The first-order valence-electron chi connectivity index (χ1n) is 19.8. The van der Waals surface area contributed by atoms with Crippen LogP contribution < -0.4 is 0 Å². The highest BCUT2D eigenvalue weighted by Gasteiger charge is 2.47. The van der Waals surface area contributed by atoms with Crippen molar-refractivity contribution in [1.82, 2.24) is 19.5 Å². The predicted molar refractivity (Wildman–Crippen MR) is 235 cm³/mol. The molecule has 0 radical (unpaired) electrons. The maximum atomic E-state index is 5.68. The van der Waals surface area contributed by atoms with E-state index in [4.69, 9.17) is 9.97 Å². The van der Waals surface area contributed by atoms with Crippen molar-refractivity contribution in [3.63, 3.8) is 0 Å². The standard InChI is InChI=1S/C53H40N4/c1-52(2,3)44-27-9-11-29-46(44)57-47-30-16-22-36(50(47)56-51(57)41-24-15-23-40-39-21-6-10-28-45(39)55-49(40)41)34-17-14-18-35(33-34)53(48-31-12-13-32-54-48)42-25-7-4-19-37(42)38-20-5-8-26-43(38)53/h4-33,55H,1-3H3. The van der Waals surface area contributed by atoms with Gasteiger partial charge in [-0.2, -0.15) is 0 Å². The number of aromatic amines is 1. The van der Waals surface area contributed by atoms with Crippen LogP contribution in [0.4, 0.5) is 0 Å². The van der Waals surface area contributed by atoms with Crippen LogP contribution in [0.5, 0.6) is 0 Å². The number of benzene rings is 7. The molecule has 0 aliphatic heterocycles. The van der Waals surface area contributed by atoms with E-state index in [-0.39, 0.29) is 5.41 Å². The highest BCUT2D eigenvalue weighted by atomic mass is 15.1. The van der Waals surface area contributed by atoms with Gasteiger partial charge in [0, 0.05) is 33.6 Å². The molecule has 0 amide bonds. The number of imidazole rings is 1. The normalized spacial score (nSPS) is 13.3. The minimum absolute atomic E-state index is 0.100. The average molecular weight is 733 g/mol. The van der Waals surface area contributed by atoms with Crippen molar-refractivity contribution in [1.29, 1.82) is 0 Å². The zero-order valence-electron chi connectivity index (χ0n) is 32.2. The number of fused-ring (bicyclic) bond motifs is 7. The van der Waals surface area contributed by atoms with Gasteiger partial charge in [0.1, 0.15) is 5.82 Å². The number of H-pyrrole nitrogens is 1. The van der Waals surface area contributed by atoms with Gasteiger partial charge in [-0.25, -0.2) is 4.98 Å². The minimum Gasteiger partial charge on any atom is -0.354 e. The lowest BCUT2D eigenvalue weighted by atomic mass is 9.69. The third-order valence-corrected chi connectivity index (χ3v) is 12.0. The van der Waals surface area contributed by atoms with Gasteiger partial charge >= 0.3 is 0 Å². The molecule has 0 saturated heterocycles. The van der Waals surface area contributed by atoms with E-state index >= 15 is 0 Å². The summed E-state index contributed by atoms with van der Waals surface area (Å²) in [6.07, 6.45) is 1.92. The van der Waals surface area contributed by atoms with Gasteiger partial charge < -0.3 is 4.98 Å². The molecule has 0 unspecified atom stereocenters. The van der Waals surface area contributed by atoms with Crippen LogP contribution in [0.3, 0.4) is 0 Å². The van der Waals surface area contributed by atoms with Crippen LogP contribution in [0.25, 0.3) is 72.2 Å². The number of para-hydroxylation sites is 4. The quantitative estimate of drug-likeness (QED) is 0.191. The number of nitrogens with one attached hydrogen (secondary N) is 1. The fourth-order valence-electron chi connectivity index (χ4n) is 9.59. The van der Waals surface area contributed by atoms with Gasteiger partial charge in [-0.1, -0.05) is 154 Å². The van der Waals surface area contributed by atoms with E-state index in [1.54, 1.807) is 0 Å². The largest absolute Gasteiger partial charge is 0.354 e. The van der Waals surface area contributed by atoms with Crippen LogP contribution in [0.1, 0.15) is 48.7 Å². The Labute approximate surface area is 332 Å². The Balaban J connectivity index is 1.20.